The number of amides is 1. The summed E-state index contributed by atoms with van der Waals surface area (Å²) in [4.78, 5) is 22.6. The van der Waals surface area contributed by atoms with Crippen molar-refractivity contribution >= 4 is 27.8 Å². The molecular weight excluding hydrogens is 314 g/mol. The fourth-order valence-electron chi connectivity index (χ4n) is 1.27. The van der Waals surface area contributed by atoms with Crippen LogP contribution < -0.4 is 10.1 Å². The molecule has 0 heterocycles. The summed E-state index contributed by atoms with van der Waals surface area (Å²) >= 11 is 3.32. The van der Waals surface area contributed by atoms with Crippen LogP contribution in [0.25, 0.3) is 0 Å². The Morgan fingerprint density at radius 1 is 1.26 bits per heavy atom. The van der Waals surface area contributed by atoms with Crippen LogP contribution in [0.4, 0.5) is 0 Å². The Morgan fingerprint density at radius 3 is 2.53 bits per heavy atom. The Morgan fingerprint density at radius 2 is 1.95 bits per heavy atom. The molecule has 0 unspecified atom stereocenters. The van der Waals surface area contributed by atoms with E-state index in [-0.39, 0.29) is 12.5 Å². The largest absolute Gasteiger partial charge is 0.494 e. The number of carbonyl (C=O) groups excluding carboxylic acids is 2. The topological polar surface area (TPSA) is 64.6 Å². The highest BCUT2D eigenvalue weighted by Gasteiger charge is 2.07. The van der Waals surface area contributed by atoms with Gasteiger partial charge >= 0.3 is 5.97 Å². The molecule has 0 aliphatic heterocycles. The number of hydrogen-bond donors (Lipinski definition) is 1. The summed E-state index contributed by atoms with van der Waals surface area (Å²) < 4.78 is 9.89. The lowest BCUT2D eigenvalue weighted by molar-refractivity contribution is -0.139. The number of carbonyl (C=O) groups is 2. The molecule has 0 aliphatic rings. The van der Waals surface area contributed by atoms with Crippen LogP contribution in [0.5, 0.6) is 5.75 Å². The zero-order valence-electron chi connectivity index (χ0n) is 10.6. The second-order valence-corrected chi connectivity index (χ2v) is 4.47. The molecule has 5 nitrogen and oxygen atoms in total. The van der Waals surface area contributed by atoms with Crippen LogP contribution in [-0.2, 0) is 9.53 Å². The molecule has 1 aromatic carbocycles. The van der Waals surface area contributed by atoms with Crippen molar-refractivity contribution in [3.63, 3.8) is 0 Å². The van der Waals surface area contributed by atoms with Crippen molar-refractivity contribution in [1.82, 2.24) is 5.32 Å². The van der Waals surface area contributed by atoms with Gasteiger partial charge in [0.15, 0.2) is 0 Å². The first kappa shape index (κ1) is 15.5. The van der Waals surface area contributed by atoms with Crippen molar-refractivity contribution in [2.24, 2.45) is 0 Å². The summed E-state index contributed by atoms with van der Waals surface area (Å²) in [5.74, 6) is -0.0917. The first-order chi connectivity index (χ1) is 9.17. The van der Waals surface area contributed by atoms with Gasteiger partial charge in [-0.3, -0.25) is 9.59 Å². The SMILES string of the molecule is COC(=O)CNC(=O)c1ccc(OCCCBr)cc1. The maximum Gasteiger partial charge on any atom is 0.325 e. The van der Waals surface area contributed by atoms with Crippen LogP contribution in [0, 0.1) is 0 Å². The molecule has 0 atom stereocenters. The number of hydrogen-bond acceptors (Lipinski definition) is 4. The third-order valence-electron chi connectivity index (χ3n) is 2.28. The summed E-state index contributed by atoms with van der Waals surface area (Å²) in [7, 11) is 1.27. The molecule has 19 heavy (non-hydrogen) atoms. The van der Waals surface area contributed by atoms with Gasteiger partial charge in [-0.2, -0.15) is 0 Å². The average Bonchev–Trinajstić information content (AvgIpc) is 2.45. The molecule has 104 valence electrons. The fourth-order valence-corrected chi connectivity index (χ4v) is 1.50. The van der Waals surface area contributed by atoms with Gasteiger partial charge in [-0.15, -0.1) is 0 Å². The Bertz CT molecular complexity index is 419. The van der Waals surface area contributed by atoms with E-state index in [1.165, 1.54) is 7.11 Å². The van der Waals surface area contributed by atoms with Gasteiger partial charge in [0.25, 0.3) is 5.91 Å². The normalized spacial score (nSPS) is 9.79. The zero-order chi connectivity index (χ0) is 14.1. The Kier molecular flexibility index (Phi) is 6.95. The van der Waals surface area contributed by atoms with Gasteiger partial charge in [0.05, 0.1) is 13.7 Å². The number of methoxy groups -OCH3 is 1. The Balaban J connectivity index is 2.46. The molecular formula is C13H16BrNO4. The quantitative estimate of drug-likeness (QED) is 0.470. The summed E-state index contributed by atoms with van der Waals surface area (Å²) in [6.07, 6.45) is 0.918. The van der Waals surface area contributed by atoms with E-state index in [9.17, 15) is 9.59 Å². The molecule has 0 bridgehead atoms. The minimum absolute atomic E-state index is 0.140. The van der Waals surface area contributed by atoms with Gasteiger partial charge in [0.2, 0.25) is 0 Å². The molecule has 0 radical (unpaired) electrons. The molecule has 0 aromatic heterocycles. The lowest BCUT2D eigenvalue weighted by Crippen LogP contribution is -2.30. The van der Waals surface area contributed by atoms with E-state index in [4.69, 9.17) is 4.74 Å². The summed E-state index contributed by atoms with van der Waals surface area (Å²) in [6, 6.07) is 6.74. The van der Waals surface area contributed by atoms with Gasteiger partial charge < -0.3 is 14.8 Å². The zero-order valence-corrected chi connectivity index (χ0v) is 12.2. The third-order valence-corrected chi connectivity index (χ3v) is 2.84. The van der Waals surface area contributed by atoms with Crippen molar-refractivity contribution in [2.45, 2.75) is 6.42 Å². The number of benzene rings is 1. The lowest BCUT2D eigenvalue weighted by Gasteiger charge is -2.07. The van der Waals surface area contributed by atoms with E-state index in [0.29, 0.717) is 17.9 Å². The summed E-state index contributed by atoms with van der Waals surface area (Å²) in [6.45, 7) is 0.484. The first-order valence-corrected chi connectivity index (χ1v) is 6.93. The van der Waals surface area contributed by atoms with E-state index in [2.05, 4.69) is 26.0 Å². The molecule has 1 aromatic rings. The van der Waals surface area contributed by atoms with Gasteiger partial charge in [-0.05, 0) is 30.7 Å². The average molecular weight is 330 g/mol. The van der Waals surface area contributed by atoms with Gasteiger partial charge in [-0.25, -0.2) is 0 Å². The number of halogens is 1. The van der Waals surface area contributed by atoms with Gasteiger partial charge in [0.1, 0.15) is 12.3 Å². The molecule has 0 spiro atoms. The predicted octanol–water partition coefficient (Wildman–Crippen LogP) is 1.75. The van der Waals surface area contributed by atoms with Crippen LogP contribution in [0.2, 0.25) is 0 Å². The second-order valence-electron chi connectivity index (χ2n) is 3.67. The molecule has 0 saturated carbocycles. The number of alkyl halides is 1. The highest BCUT2D eigenvalue weighted by molar-refractivity contribution is 9.09. The summed E-state index contributed by atoms with van der Waals surface area (Å²) in [5, 5.41) is 3.35. The molecule has 0 aliphatic carbocycles. The van der Waals surface area contributed by atoms with E-state index in [1.54, 1.807) is 24.3 Å². The van der Waals surface area contributed by atoms with Crippen LogP contribution in [0.15, 0.2) is 24.3 Å². The molecule has 0 saturated heterocycles. The Labute approximate surface area is 120 Å². The lowest BCUT2D eigenvalue weighted by atomic mass is 10.2. The third kappa shape index (κ3) is 5.74. The van der Waals surface area contributed by atoms with Gasteiger partial charge in [-0.1, -0.05) is 15.9 Å². The standard InChI is InChI=1S/C13H16BrNO4/c1-18-12(16)9-15-13(17)10-3-5-11(6-4-10)19-8-2-7-14/h3-6H,2,7-9H2,1H3,(H,15,17). The van der Waals surface area contributed by atoms with Crippen molar-refractivity contribution < 1.29 is 19.1 Å². The number of rotatable bonds is 7. The monoisotopic (exact) mass is 329 g/mol. The van der Waals surface area contributed by atoms with Crippen molar-refractivity contribution in [3.8, 4) is 5.75 Å². The maximum atomic E-state index is 11.7. The van der Waals surface area contributed by atoms with Crippen molar-refractivity contribution in [1.29, 1.82) is 0 Å². The smallest absolute Gasteiger partial charge is 0.325 e. The molecule has 0 fully saturated rings. The molecule has 6 heteroatoms. The van der Waals surface area contributed by atoms with E-state index in [0.717, 1.165) is 11.8 Å². The predicted molar refractivity (Wildman–Crippen MR) is 74.7 cm³/mol. The highest BCUT2D eigenvalue weighted by atomic mass is 79.9. The molecule has 1 rings (SSSR count). The van der Waals surface area contributed by atoms with Crippen LogP contribution >= 0.6 is 15.9 Å². The minimum atomic E-state index is -0.483. The van der Waals surface area contributed by atoms with Crippen molar-refractivity contribution in [2.75, 3.05) is 25.6 Å². The fraction of sp³-hybridized carbons (Fsp3) is 0.385. The number of nitrogens with one attached hydrogen (secondary N) is 1. The second kappa shape index (κ2) is 8.53. The van der Waals surface area contributed by atoms with E-state index < -0.39 is 5.97 Å². The van der Waals surface area contributed by atoms with E-state index >= 15 is 0 Å². The molecule has 1 amide bonds. The number of esters is 1. The van der Waals surface area contributed by atoms with Crippen LogP contribution in [-0.4, -0.2) is 37.5 Å². The van der Waals surface area contributed by atoms with E-state index in [1.807, 2.05) is 0 Å². The Hall–Kier alpha value is -1.56. The minimum Gasteiger partial charge on any atom is -0.494 e. The first-order valence-electron chi connectivity index (χ1n) is 5.81. The number of ether oxygens (including phenoxy) is 2. The molecule has 1 N–H and O–H groups in total. The van der Waals surface area contributed by atoms with Gasteiger partial charge in [0, 0.05) is 10.9 Å². The maximum absolute atomic E-state index is 11.7. The van der Waals surface area contributed by atoms with Crippen LogP contribution in [0.3, 0.4) is 0 Å². The van der Waals surface area contributed by atoms with Crippen LogP contribution in [0.1, 0.15) is 16.8 Å². The highest BCUT2D eigenvalue weighted by Crippen LogP contribution is 2.12. The summed E-state index contributed by atoms with van der Waals surface area (Å²) in [5.41, 5.74) is 0.469. The van der Waals surface area contributed by atoms with Crippen molar-refractivity contribution in [3.05, 3.63) is 29.8 Å².